The van der Waals surface area contributed by atoms with Crippen molar-refractivity contribution >= 4 is 23.6 Å². The smallest absolute Gasteiger partial charge is 0.247 e. The third kappa shape index (κ3) is 2.45. The van der Waals surface area contributed by atoms with Gasteiger partial charge in [0.25, 0.3) is 0 Å². The van der Waals surface area contributed by atoms with Crippen LogP contribution in [0.25, 0.3) is 6.08 Å². The molecule has 19 heavy (non-hydrogen) atoms. The average molecular weight is 274 g/mol. The summed E-state index contributed by atoms with van der Waals surface area (Å²) in [6, 6.07) is 8.23. The van der Waals surface area contributed by atoms with E-state index in [1.54, 1.807) is 6.08 Å². The molecule has 0 aromatic heterocycles. The summed E-state index contributed by atoms with van der Waals surface area (Å²) in [6.45, 7) is 0. The van der Waals surface area contributed by atoms with Crippen molar-refractivity contribution in [2.24, 2.45) is 0 Å². The lowest BCUT2D eigenvalue weighted by atomic mass is 10.1. The molecule has 0 spiro atoms. The lowest BCUT2D eigenvalue weighted by molar-refractivity contribution is -0.128. The van der Waals surface area contributed by atoms with Crippen LogP contribution in [0.4, 0.5) is 0 Å². The van der Waals surface area contributed by atoms with E-state index in [2.05, 4.69) is 12.2 Å². The van der Waals surface area contributed by atoms with Gasteiger partial charge in [-0.3, -0.25) is 4.79 Å². The Hall–Kier alpha value is -1.54. The first-order chi connectivity index (χ1) is 9.25. The van der Waals surface area contributed by atoms with Crippen molar-refractivity contribution < 1.29 is 4.79 Å². The molecule has 0 aliphatic carbocycles. The SMILES string of the molecule is O=C(/C=C/c1ccccc1Cl)N1[C@H]2CC=C[C@H]1CC2. The highest BCUT2D eigenvalue weighted by Gasteiger charge is 2.35. The van der Waals surface area contributed by atoms with Crippen molar-refractivity contribution in [3.63, 3.8) is 0 Å². The fraction of sp³-hybridized carbons (Fsp3) is 0.312. The van der Waals surface area contributed by atoms with Crippen LogP contribution in [-0.2, 0) is 4.79 Å². The van der Waals surface area contributed by atoms with E-state index in [-0.39, 0.29) is 5.91 Å². The van der Waals surface area contributed by atoms with Gasteiger partial charge in [0, 0.05) is 17.1 Å². The molecule has 3 heteroatoms. The Labute approximate surface area is 118 Å². The van der Waals surface area contributed by atoms with Crippen molar-refractivity contribution in [3.05, 3.63) is 53.1 Å². The summed E-state index contributed by atoms with van der Waals surface area (Å²) >= 11 is 6.08. The standard InChI is InChI=1S/C16H16ClNO/c17-15-7-2-1-4-12(15)8-11-16(19)18-13-5-3-6-14(18)10-9-13/h1-5,7-8,11,13-14H,6,9-10H2/b11-8+/t13-,14-/m0/s1. The minimum absolute atomic E-state index is 0.0942. The molecule has 2 bridgehead atoms. The number of carbonyl (C=O) groups is 1. The van der Waals surface area contributed by atoms with Crippen molar-refractivity contribution in [2.45, 2.75) is 31.3 Å². The molecular formula is C16H16ClNO. The number of halogens is 1. The molecule has 98 valence electrons. The molecule has 2 aliphatic heterocycles. The van der Waals surface area contributed by atoms with E-state index in [4.69, 9.17) is 11.6 Å². The normalized spacial score (nSPS) is 25.2. The number of rotatable bonds is 2. The topological polar surface area (TPSA) is 20.3 Å². The Bertz CT molecular complexity index is 549. The van der Waals surface area contributed by atoms with Gasteiger partial charge in [-0.1, -0.05) is 42.0 Å². The predicted molar refractivity (Wildman–Crippen MR) is 77.9 cm³/mol. The Kier molecular flexibility index (Phi) is 3.43. The number of carbonyl (C=O) groups excluding carboxylic acids is 1. The summed E-state index contributed by atoms with van der Waals surface area (Å²) in [5, 5.41) is 0.674. The number of benzene rings is 1. The van der Waals surface area contributed by atoms with Gasteiger partial charge in [0.1, 0.15) is 0 Å². The lowest BCUT2D eigenvalue weighted by Crippen LogP contribution is -2.41. The Balaban J connectivity index is 1.76. The van der Waals surface area contributed by atoms with Gasteiger partial charge in [0.05, 0.1) is 6.04 Å². The molecule has 1 fully saturated rings. The van der Waals surface area contributed by atoms with E-state index in [9.17, 15) is 4.79 Å². The molecule has 1 aromatic carbocycles. The first-order valence-corrected chi connectivity index (χ1v) is 7.05. The highest BCUT2D eigenvalue weighted by Crippen LogP contribution is 2.31. The molecule has 1 aromatic rings. The van der Waals surface area contributed by atoms with Crippen LogP contribution >= 0.6 is 11.6 Å². The predicted octanol–water partition coefficient (Wildman–Crippen LogP) is 3.67. The van der Waals surface area contributed by atoms with E-state index < -0.39 is 0 Å². The van der Waals surface area contributed by atoms with Crippen LogP contribution in [-0.4, -0.2) is 22.9 Å². The largest absolute Gasteiger partial charge is 0.329 e. The average Bonchev–Trinajstić information content (AvgIpc) is 2.67. The van der Waals surface area contributed by atoms with E-state index in [0.717, 1.165) is 24.8 Å². The monoisotopic (exact) mass is 273 g/mol. The second-order valence-corrected chi connectivity index (χ2v) is 5.47. The molecule has 2 aliphatic rings. The third-order valence-electron chi connectivity index (χ3n) is 3.88. The third-order valence-corrected chi connectivity index (χ3v) is 4.22. The van der Waals surface area contributed by atoms with E-state index in [1.165, 1.54) is 0 Å². The van der Waals surface area contributed by atoms with Gasteiger partial charge >= 0.3 is 0 Å². The minimum atomic E-state index is 0.0942. The summed E-state index contributed by atoms with van der Waals surface area (Å²) < 4.78 is 0. The first kappa shape index (κ1) is 12.5. The summed E-state index contributed by atoms with van der Waals surface area (Å²) in [4.78, 5) is 14.3. The molecule has 0 N–H and O–H groups in total. The van der Waals surface area contributed by atoms with Gasteiger partial charge < -0.3 is 4.90 Å². The lowest BCUT2D eigenvalue weighted by Gasteiger charge is -2.30. The minimum Gasteiger partial charge on any atom is -0.329 e. The summed E-state index contributed by atoms with van der Waals surface area (Å²) in [5.74, 6) is 0.0942. The fourth-order valence-corrected chi connectivity index (χ4v) is 3.12. The Morgan fingerprint density at radius 3 is 2.95 bits per heavy atom. The molecule has 1 saturated heterocycles. The van der Waals surface area contributed by atoms with Gasteiger partial charge in [-0.25, -0.2) is 0 Å². The highest BCUT2D eigenvalue weighted by molar-refractivity contribution is 6.32. The van der Waals surface area contributed by atoms with Crippen molar-refractivity contribution in [3.8, 4) is 0 Å². The molecule has 0 saturated carbocycles. The maximum absolute atomic E-state index is 12.3. The van der Waals surface area contributed by atoms with E-state index >= 15 is 0 Å². The maximum atomic E-state index is 12.3. The Morgan fingerprint density at radius 1 is 1.32 bits per heavy atom. The van der Waals surface area contributed by atoms with Crippen molar-refractivity contribution in [2.75, 3.05) is 0 Å². The van der Waals surface area contributed by atoms with Crippen LogP contribution in [0.2, 0.25) is 5.02 Å². The number of fused-ring (bicyclic) bond motifs is 2. The zero-order valence-electron chi connectivity index (χ0n) is 10.6. The summed E-state index contributed by atoms with van der Waals surface area (Å²) in [7, 11) is 0. The van der Waals surface area contributed by atoms with Gasteiger partial charge in [0.2, 0.25) is 5.91 Å². The molecule has 2 atom stereocenters. The van der Waals surface area contributed by atoms with Crippen LogP contribution in [0.5, 0.6) is 0 Å². The second-order valence-electron chi connectivity index (χ2n) is 5.06. The van der Waals surface area contributed by atoms with E-state index in [1.807, 2.05) is 35.2 Å². The number of hydrogen-bond acceptors (Lipinski definition) is 1. The fourth-order valence-electron chi connectivity index (χ4n) is 2.93. The van der Waals surface area contributed by atoms with Gasteiger partial charge in [-0.15, -0.1) is 0 Å². The van der Waals surface area contributed by atoms with Crippen LogP contribution in [0.3, 0.4) is 0 Å². The molecule has 0 radical (unpaired) electrons. The molecule has 2 nitrogen and oxygen atoms in total. The number of hydrogen-bond donors (Lipinski definition) is 0. The summed E-state index contributed by atoms with van der Waals surface area (Å²) in [6.07, 6.45) is 11.0. The van der Waals surface area contributed by atoms with Crippen LogP contribution in [0, 0.1) is 0 Å². The van der Waals surface area contributed by atoms with Gasteiger partial charge in [-0.05, 0) is 37.0 Å². The van der Waals surface area contributed by atoms with Gasteiger partial charge in [0.15, 0.2) is 0 Å². The quantitative estimate of drug-likeness (QED) is 0.595. The molecule has 0 unspecified atom stereocenters. The summed E-state index contributed by atoms with van der Waals surface area (Å²) in [5.41, 5.74) is 0.886. The molecule has 3 rings (SSSR count). The van der Waals surface area contributed by atoms with Crippen LogP contribution in [0.1, 0.15) is 24.8 Å². The van der Waals surface area contributed by atoms with Gasteiger partial charge in [-0.2, -0.15) is 0 Å². The maximum Gasteiger partial charge on any atom is 0.247 e. The molecule has 1 amide bonds. The van der Waals surface area contributed by atoms with E-state index in [0.29, 0.717) is 17.1 Å². The second kappa shape index (κ2) is 5.22. The number of nitrogens with zero attached hydrogens (tertiary/aromatic N) is 1. The Morgan fingerprint density at radius 2 is 2.16 bits per heavy atom. The van der Waals surface area contributed by atoms with Crippen LogP contribution < -0.4 is 0 Å². The zero-order valence-corrected chi connectivity index (χ0v) is 11.4. The van der Waals surface area contributed by atoms with Crippen molar-refractivity contribution in [1.29, 1.82) is 0 Å². The van der Waals surface area contributed by atoms with Crippen LogP contribution in [0.15, 0.2) is 42.5 Å². The number of amides is 1. The highest BCUT2D eigenvalue weighted by atomic mass is 35.5. The molecular weight excluding hydrogens is 258 g/mol. The zero-order chi connectivity index (χ0) is 13.2. The van der Waals surface area contributed by atoms with Crippen molar-refractivity contribution in [1.82, 2.24) is 4.90 Å². The molecule has 2 heterocycles. The first-order valence-electron chi connectivity index (χ1n) is 6.67.